The van der Waals surface area contributed by atoms with Gasteiger partial charge < -0.3 is 5.73 Å². The van der Waals surface area contributed by atoms with Gasteiger partial charge in [-0.3, -0.25) is 0 Å². The lowest BCUT2D eigenvalue weighted by molar-refractivity contribution is 0.161. The van der Waals surface area contributed by atoms with Crippen molar-refractivity contribution in [2.75, 3.05) is 0 Å². The van der Waals surface area contributed by atoms with Crippen molar-refractivity contribution in [3.05, 3.63) is 0 Å². The van der Waals surface area contributed by atoms with Crippen molar-refractivity contribution in [1.82, 2.24) is 0 Å². The number of hydrogen-bond donors (Lipinski definition) is 1. The first kappa shape index (κ1) is 7.99. The minimum absolute atomic E-state index is 0.0122. The third-order valence-corrected chi connectivity index (χ3v) is 2.65. The van der Waals surface area contributed by atoms with E-state index in [1.165, 1.54) is 0 Å². The fourth-order valence-corrected chi connectivity index (χ4v) is 1.99. The highest BCUT2D eigenvalue weighted by Crippen LogP contribution is 2.56. The summed E-state index contributed by atoms with van der Waals surface area (Å²) in [6.45, 7) is 7.24. The quantitative estimate of drug-likeness (QED) is 0.597. The van der Waals surface area contributed by atoms with Crippen LogP contribution >= 0.6 is 0 Å². The Morgan fingerprint density at radius 3 is 1.70 bits per heavy atom. The molecule has 1 fully saturated rings. The summed E-state index contributed by atoms with van der Waals surface area (Å²) in [5, 5.41) is 0. The van der Waals surface area contributed by atoms with Crippen molar-refractivity contribution in [2.45, 2.75) is 39.4 Å². The van der Waals surface area contributed by atoms with Crippen LogP contribution in [0.3, 0.4) is 0 Å². The topological polar surface area (TPSA) is 26.0 Å². The lowest BCUT2D eigenvalue weighted by atomic mass is 9.98. The SMILES string of the molecule is CC(C)(F)[C@H]1[C@H](N)C1(C)C. The summed E-state index contributed by atoms with van der Waals surface area (Å²) < 4.78 is 13.2. The van der Waals surface area contributed by atoms with Crippen molar-refractivity contribution >= 4 is 0 Å². The average Bonchev–Trinajstić information content (AvgIpc) is 2.03. The van der Waals surface area contributed by atoms with Crippen molar-refractivity contribution in [1.29, 1.82) is 0 Å². The maximum atomic E-state index is 13.2. The smallest absolute Gasteiger partial charge is 0.110 e. The van der Waals surface area contributed by atoms with Crippen molar-refractivity contribution in [3.63, 3.8) is 0 Å². The molecule has 10 heavy (non-hydrogen) atoms. The molecule has 1 aliphatic rings. The largest absolute Gasteiger partial charge is 0.327 e. The van der Waals surface area contributed by atoms with E-state index < -0.39 is 5.67 Å². The standard InChI is InChI=1S/C8H16FN/c1-7(2)5(6(7)10)8(3,4)9/h5-6H,10H2,1-4H3/t5-,6-/m0/s1. The Morgan fingerprint density at radius 1 is 1.40 bits per heavy atom. The van der Waals surface area contributed by atoms with E-state index in [2.05, 4.69) is 0 Å². The van der Waals surface area contributed by atoms with Crippen molar-refractivity contribution in [3.8, 4) is 0 Å². The Kier molecular flexibility index (Phi) is 1.38. The molecule has 0 aliphatic heterocycles. The van der Waals surface area contributed by atoms with E-state index in [1.807, 2.05) is 13.8 Å². The fourth-order valence-electron chi connectivity index (χ4n) is 1.99. The highest BCUT2D eigenvalue weighted by Gasteiger charge is 2.62. The van der Waals surface area contributed by atoms with Gasteiger partial charge in [0.15, 0.2) is 0 Å². The van der Waals surface area contributed by atoms with Crippen molar-refractivity contribution < 1.29 is 4.39 Å². The molecule has 0 radical (unpaired) electrons. The molecule has 0 saturated heterocycles. The molecule has 1 saturated carbocycles. The number of nitrogens with two attached hydrogens (primary N) is 1. The molecule has 0 aromatic rings. The van der Waals surface area contributed by atoms with E-state index in [-0.39, 0.29) is 17.4 Å². The normalized spacial score (nSPS) is 37.8. The average molecular weight is 145 g/mol. The lowest BCUT2D eigenvalue weighted by Gasteiger charge is -2.14. The van der Waals surface area contributed by atoms with Gasteiger partial charge in [-0.05, 0) is 19.3 Å². The molecule has 0 amide bonds. The third kappa shape index (κ3) is 0.947. The summed E-state index contributed by atoms with van der Waals surface area (Å²) in [6.07, 6.45) is 0. The predicted octanol–water partition coefficient (Wildman–Crippen LogP) is 1.72. The molecule has 0 aromatic carbocycles. The van der Waals surface area contributed by atoms with Crippen LogP contribution in [-0.2, 0) is 0 Å². The van der Waals surface area contributed by atoms with Gasteiger partial charge in [-0.15, -0.1) is 0 Å². The Bertz CT molecular complexity index is 136. The van der Waals surface area contributed by atoms with E-state index >= 15 is 0 Å². The van der Waals surface area contributed by atoms with Gasteiger partial charge >= 0.3 is 0 Å². The van der Waals surface area contributed by atoms with Crippen LogP contribution in [0, 0.1) is 11.3 Å². The van der Waals surface area contributed by atoms with Crippen LogP contribution in [0.4, 0.5) is 4.39 Å². The van der Waals surface area contributed by atoms with E-state index in [9.17, 15) is 4.39 Å². The third-order valence-electron chi connectivity index (χ3n) is 2.65. The van der Waals surface area contributed by atoms with Crippen LogP contribution in [-0.4, -0.2) is 11.7 Å². The van der Waals surface area contributed by atoms with E-state index in [4.69, 9.17) is 5.73 Å². The lowest BCUT2D eigenvalue weighted by Crippen LogP contribution is -2.20. The van der Waals surface area contributed by atoms with Crippen LogP contribution in [0.15, 0.2) is 0 Å². The van der Waals surface area contributed by atoms with Gasteiger partial charge in [-0.1, -0.05) is 13.8 Å². The molecule has 2 N–H and O–H groups in total. The molecule has 1 aliphatic carbocycles. The number of alkyl halides is 1. The van der Waals surface area contributed by atoms with Gasteiger partial charge in [-0.2, -0.15) is 0 Å². The molecule has 0 bridgehead atoms. The van der Waals surface area contributed by atoms with Crippen LogP contribution in [0.2, 0.25) is 0 Å². The molecule has 2 heteroatoms. The van der Waals surface area contributed by atoms with Gasteiger partial charge in [0.25, 0.3) is 0 Å². The second kappa shape index (κ2) is 1.73. The molecule has 0 spiro atoms. The van der Waals surface area contributed by atoms with Crippen LogP contribution in [0.5, 0.6) is 0 Å². The van der Waals surface area contributed by atoms with Gasteiger partial charge in [0.2, 0.25) is 0 Å². The molecule has 60 valence electrons. The Labute approximate surface area is 61.8 Å². The summed E-state index contributed by atoms with van der Waals surface area (Å²) in [6, 6.07) is 0.0486. The molecule has 0 aromatic heterocycles. The minimum Gasteiger partial charge on any atom is -0.327 e. The van der Waals surface area contributed by atoms with Crippen molar-refractivity contribution in [2.24, 2.45) is 17.1 Å². The predicted molar refractivity (Wildman–Crippen MR) is 40.4 cm³/mol. The maximum absolute atomic E-state index is 13.2. The molecular weight excluding hydrogens is 129 g/mol. The zero-order chi connectivity index (χ0) is 8.15. The van der Waals surface area contributed by atoms with Crippen LogP contribution < -0.4 is 5.73 Å². The van der Waals surface area contributed by atoms with Gasteiger partial charge in [0, 0.05) is 12.0 Å². The van der Waals surface area contributed by atoms with E-state index in [1.54, 1.807) is 13.8 Å². The van der Waals surface area contributed by atoms with Gasteiger partial charge in [0.1, 0.15) is 5.67 Å². The zero-order valence-electron chi connectivity index (χ0n) is 7.11. The molecule has 0 heterocycles. The minimum atomic E-state index is -1.11. The highest BCUT2D eigenvalue weighted by molar-refractivity contribution is 5.14. The number of halogens is 1. The number of hydrogen-bond acceptors (Lipinski definition) is 1. The first-order valence-electron chi connectivity index (χ1n) is 3.72. The summed E-state index contributed by atoms with van der Waals surface area (Å²) in [5.41, 5.74) is 4.59. The summed E-state index contributed by atoms with van der Waals surface area (Å²) in [4.78, 5) is 0. The van der Waals surface area contributed by atoms with Gasteiger partial charge in [0.05, 0.1) is 0 Å². The summed E-state index contributed by atoms with van der Waals surface area (Å²) >= 11 is 0. The molecule has 1 rings (SSSR count). The fraction of sp³-hybridized carbons (Fsp3) is 1.00. The first-order valence-corrected chi connectivity index (χ1v) is 3.72. The summed E-state index contributed by atoms with van der Waals surface area (Å²) in [5.74, 6) is 0.0417. The van der Waals surface area contributed by atoms with Crippen LogP contribution in [0.25, 0.3) is 0 Å². The molecule has 0 unspecified atom stereocenters. The molecule has 1 nitrogen and oxygen atoms in total. The van der Waals surface area contributed by atoms with E-state index in [0.29, 0.717) is 0 Å². The monoisotopic (exact) mass is 145 g/mol. The Balaban J connectivity index is 2.66. The maximum Gasteiger partial charge on any atom is 0.110 e. The second-order valence-electron chi connectivity index (χ2n) is 4.39. The Morgan fingerprint density at radius 2 is 1.70 bits per heavy atom. The first-order chi connectivity index (χ1) is 4.28. The number of rotatable bonds is 1. The summed E-state index contributed by atoms with van der Waals surface area (Å²) in [7, 11) is 0. The Hall–Kier alpha value is -0.110. The zero-order valence-corrected chi connectivity index (χ0v) is 7.11. The van der Waals surface area contributed by atoms with Crippen LogP contribution in [0.1, 0.15) is 27.7 Å². The van der Waals surface area contributed by atoms with E-state index in [0.717, 1.165) is 0 Å². The molecule has 2 atom stereocenters. The van der Waals surface area contributed by atoms with Gasteiger partial charge in [-0.25, -0.2) is 4.39 Å². The highest BCUT2D eigenvalue weighted by atomic mass is 19.1. The molecular formula is C8H16FN. The second-order valence-corrected chi connectivity index (χ2v) is 4.39.